The van der Waals surface area contributed by atoms with Crippen LogP contribution in [0.4, 0.5) is 4.39 Å². The van der Waals surface area contributed by atoms with Crippen LogP contribution in [-0.2, 0) is 9.47 Å². The van der Waals surface area contributed by atoms with Crippen LogP contribution in [-0.4, -0.2) is 44.7 Å². The number of methoxy groups -OCH3 is 1. The molecule has 6 heteroatoms. The Hall–Kier alpha value is -1.21. The lowest BCUT2D eigenvalue weighted by Crippen LogP contribution is -2.25. The number of aliphatic hydroxyl groups is 1. The molecule has 0 spiro atoms. The number of nitrogens with two attached hydrogens (primary N) is 1. The van der Waals surface area contributed by atoms with E-state index in [-0.39, 0.29) is 25.1 Å². The molecule has 20 heavy (non-hydrogen) atoms. The molecule has 1 rings (SSSR count). The number of benzene rings is 1. The van der Waals surface area contributed by atoms with E-state index in [0.29, 0.717) is 24.5 Å². The van der Waals surface area contributed by atoms with E-state index in [2.05, 4.69) is 0 Å². The van der Waals surface area contributed by atoms with E-state index in [1.807, 2.05) is 0 Å². The van der Waals surface area contributed by atoms with Gasteiger partial charge in [0.25, 0.3) is 0 Å². The quantitative estimate of drug-likeness (QED) is 0.669. The maximum Gasteiger partial charge on any atom is 0.124 e. The van der Waals surface area contributed by atoms with Crippen molar-refractivity contribution >= 4 is 0 Å². The van der Waals surface area contributed by atoms with Gasteiger partial charge in [-0.3, -0.25) is 0 Å². The van der Waals surface area contributed by atoms with E-state index in [1.165, 1.54) is 18.2 Å². The molecule has 0 saturated heterocycles. The largest absolute Gasteiger partial charge is 0.490 e. The molecular weight excluding hydrogens is 265 g/mol. The second-order valence-corrected chi connectivity index (χ2v) is 4.50. The summed E-state index contributed by atoms with van der Waals surface area (Å²) in [5.41, 5.74) is 6.32. The maximum absolute atomic E-state index is 13.2. The molecule has 3 N–H and O–H groups in total. The molecule has 0 heterocycles. The molecule has 2 atom stereocenters. The Morgan fingerprint density at radius 3 is 2.70 bits per heavy atom. The molecule has 0 bridgehead atoms. The summed E-state index contributed by atoms with van der Waals surface area (Å²) >= 11 is 0. The summed E-state index contributed by atoms with van der Waals surface area (Å²) in [5, 5.41) is 9.70. The fraction of sp³-hybridized carbons (Fsp3) is 0.571. The molecule has 0 saturated carbocycles. The molecule has 2 unspecified atom stereocenters. The zero-order chi connectivity index (χ0) is 15.0. The minimum Gasteiger partial charge on any atom is -0.490 e. The van der Waals surface area contributed by atoms with Gasteiger partial charge >= 0.3 is 0 Å². The zero-order valence-electron chi connectivity index (χ0n) is 11.8. The first kappa shape index (κ1) is 16.8. The lowest BCUT2D eigenvalue weighted by Gasteiger charge is -2.16. The number of hydrogen-bond donors (Lipinski definition) is 2. The Morgan fingerprint density at radius 1 is 1.30 bits per heavy atom. The third kappa shape index (κ3) is 5.83. The fourth-order valence-corrected chi connectivity index (χ4v) is 1.60. The lowest BCUT2D eigenvalue weighted by molar-refractivity contribution is -0.00436. The van der Waals surface area contributed by atoms with Crippen LogP contribution in [0.1, 0.15) is 18.5 Å². The van der Waals surface area contributed by atoms with Crippen LogP contribution in [0.3, 0.4) is 0 Å². The molecule has 5 nitrogen and oxygen atoms in total. The molecule has 1 aromatic rings. The van der Waals surface area contributed by atoms with Gasteiger partial charge in [0.2, 0.25) is 0 Å². The Kier molecular flexibility index (Phi) is 7.46. The number of rotatable bonds is 9. The minimum absolute atomic E-state index is 0.0539. The van der Waals surface area contributed by atoms with Crippen LogP contribution in [0.15, 0.2) is 18.2 Å². The summed E-state index contributed by atoms with van der Waals surface area (Å²) in [7, 11) is 1.58. The number of aliphatic hydroxyl groups excluding tert-OH is 1. The highest BCUT2D eigenvalue weighted by atomic mass is 19.1. The van der Waals surface area contributed by atoms with Crippen LogP contribution >= 0.6 is 0 Å². The third-order valence-electron chi connectivity index (χ3n) is 2.64. The maximum atomic E-state index is 13.2. The molecule has 0 fully saturated rings. The minimum atomic E-state index is -0.766. The number of halogens is 1. The summed E-state index contributed by atoms with van der Waals surface area (Å²) in [6.07, 6.45) is -0.766. The predicted molar refractivity (Wildman–Crippen MR) is 73.2 cm³/mol. The summed E-state index contributed by atoms with van der Waals surface area (Å²) in [5.74, 6) is 0.102. The summed E-state index contributed by atoms with van der Waals surface area (Å²) in [6, 6.07) is 3.78. The molecule has 0 aliphatic carbocycles. The third-order valence-corrected chi connectivity index (χ3v) is 2.64. The second-order valence-electron chi connectivity index (χ2n) is 4.50. The summed E-state index contributed by atoms with van der Waals surface area (Å²) < 4.78 is 28.6. The topological polar surface area (TPSA) is 73.9 Å². The molecule has 0 aliphatic rings. The molecule has 0 amide bonds. The Morgan fingerprint density at radius 2 is 2.05 bits per heavy atom. The monoisotopic (exact) mass is 287 g/mol. The SMILES string of the molecule is COCCOCC(O)COc1ccc(F)cc1C(C)N. The van der Waals surface area contributed by atoms with Gasteiger partial charge in [-0.15, -0.1) is 0 Å². The smallest absolute Gasteiger partial charge is 0.124 e. The zero-order valence-corrected chi connectivity index (χ0v) is 11.8. The molecular formula is C14H22FNO4. The Balaban J connectivity index is 2.44. The van der Waals surface area contributed by atoms with Gasteiger partial charge in [0.1, 0.15) is 24.3 Å². The molecule has 114 valence electrons. The first-order valence-corrected chi connectivity index (χ1v) is 6.47. The average Bonchev–Trinajstić information content (AvgIpc) is 2.42. The number of hydrogen-bond acceptors (Lipinski definition) is 5. The van der Waals surface area contributed by atoms with E-state index >= 15 is 0 Å². The lowest BCUT2D eigenvalue weighted by atomic mass is 10.1. The highest BCUT2D eigenvalue weighted by molar-refractivity contribution is 5.36. The summed E-state index contributed by atoms with van der Waals surface area (Å²) in [4.78, 5) is 0. The Bertz CT molecular complexity index is 401. The highest BCUT2D eigenvalue weighted by Crippen LogP contribution is 2.24. The van der Waals surface area contributed by atoms with E-state index in [4.69, 9.17) is 19.9 Å². The van der Waals surface area contributed by atoms with Crippen molar-refractivity contribution in [2.24, 2.45) is 5.73 Å². The van der Waals surface area contributed by atoms with Gasteiger partial charge in [-0.1, -0.05) is 0 Å². The van der Waals surface area contributed by atoms with E-state index < -0.39 is 6.10 Å². The Labute approximate surface area is 118 Å². The van der Waals surface area contributed by atoms with Gasteiger partial charge in [-0.25, -0.2) is 4.39 Å². The van der Waals surface area contributed by atoms with E-state index in [0.717, 1.165) is 0 Å². The van der Waals surface area contributed by atoms with Gasteiger partial charge in [-0.05, 0) is 25.1 Å². The van der Waals surface area contributed by atoms with Gasteiger partial charge in [0.05, 0.1) is 19.8 Å². The van der Waals surface area contributed by atoms with Crippen molar-refractivity contribution in [1.29, 1.82) is 0 Å². The van der Waals surface area contributed by atoms with Crippen molar-refractivity contribution in [3.8, 4) is 5.75 Å². The normalized spacial score (nSPS) is 14.1. The van der Waals surface area contributed by atoms with Crippen molar-refractivity contribution in [1.82, 2.24) is 0 Å². The molecule has 1 aromatic carbocycles. The highest BCUT2D eigenvalue weighted by Gasteiger charge is 2.12. The van der Waals surface area contributed by atoms with Crippen LogP contribution in [0.5, 0.6) is 5.75 Å². The van der Waals surface area contributed by atoms with Crippen molar-refractivity contribution in [3.63, 3.8) is 0 Å². The first-order chi connectivity index (χ1) is 9.54. The van der Waals surface area contributed by atoms with E-state index in [1.54, 1.807) is 14.0 Å². The van der Waals surface area contributed by atoms with Crippen LogP contribution in [0, 0.1) is 5.82 Å². The van der Waals surface area contributed by atoms with E-state index in [9.17, 15) is 9.50 Å². The average molecular weight is 287 g/mol. The van der Waals surface area contributed by atoms with Crippen LogP contribution < -0.4 is 10.5 Å². The van der Waals surface area contributed by atoms with Gasteiger partial charge in [0, 0.05) is 18.7 Å². The van der Waals surface area contributed by atoms with Gasteiger partial charge in [0.15, 0.2) is 0 Å². The number of ether oxygens (including phenoxy) is 3. The second kappa shape index (κ2) is 8.86. The predicted octanol–water partition coefficient (Wildman–Crippen LogP) is 1.25. The summed E-state index contributed by atoms with van der Waals surface area (Å²) in [6.45, 7) is 2.83. The van der Waals surface area contributed by atoms with Crippen LogP contribution in [0.2, 0.25) is 0 Å². The van der Waals surface area contributed by atoms with Crippen molar-refractivity contribution in [2.45, 2.75) is 19.1 Å². The van der Waals surface area contributed by atoms with Gasteiger partial charge in [-0.2, -0.15) is 0 Å². The molecule has 0 aliphatic heterocycles. The van der Waals surface area contributed by atoms with Crippen molar-refractivity contribution < 1.29 is 23.7 Å². The van der Waals surface area contributed by atoms with Gasteiger partial charge < -0.3 is 25.1 Å². The fourth-order valence-electron chi connectivity index (χ4n) is 1.60. The first-order valence-electron chi connectivity index (χ1n) is 6.47. The van der Waals surface area contributed by atoms with Crippen molar-refractivity contribution in [2.75, 3.05) is 33.5 Å². The van der Waals surface area contributed by atoms with Crippen molar-refractivity contribution in [3.05, 3.63) is 29.6 Å². The van der Waals surface area contributed by atoms with Crippen LogP contribution in [0.25, 0.3) is 0 Å². The molecule has 0 aromatic heterocycles. The molecule has 0 radical (unpaired) electrons. The standard InChI is InChI=1S/C14H22FNO4/c1-10(16)13-7-11(15)3-4-14(13)20-9-12(17)8-19-6-5-18-2/h3-4,7,10,12,17H,5-6,8-9,16H2,1-2H3.